The number of ether oxygens (including phenoxy) is 1. The molecule has 0 unspecified atom stereocenters. The van der Waals surface area contributed by atoms with Crippen LogP contribution in [0.1, 0.15) is 25.3 Å². The Morgan fingerprint density at radius 1 is 0.938 bits per heavy atom. The van der Waals surface area contributed by atoms with Crippen LogP contribution in [0, 0.1) is 0 Å². The Balaban J connectivity index is 1.54. The molecule has 1 N–H and O–H groups in total. The Morgan fingerprint density at radius 2 is 1.66 bits per heavy atom. The van der Waals surface area contributed by atoms with Gasteiger partial charge in [-0.05, 0) is 42.7 Å². The summed E-state index contributed by atoms with van der Waals surface area (Å²) < 4.78 is 11.7. The molecular weight excluding hydrogens is 402 g/mol. The zero-order valence-corrected chi connectivity index (χ0v) is 18.0. The average Bonchev–Trinajstić information content (AvgIpc) is 2.83. The van der Waals surface area contributed by atoms with Crippen molar-refractivity contribution in [2.75, 3.05) is 11.9 Å². The van der Waals surface area contributed by atoms with E-state index < -0.39 is 0 Å². The molecule has 0 saturated heterocycles. The Hall–Kier alpha value is -3.86. The lowest BCUT2D eigenvalue weighted by Gasteiger charge is -2.12. The number of unbranched alkanes of at least 4 members (excludes halogenated alkanes) is 1. The van der Waals surface area contributed by atoms with E-state index in [-0.39, 0.29) is 23.7 Å². The molecule has 0 aliphatic heterocycles. The third kappa shape index (κ3) is 4.89. The first kappa shape index (κ1) is 21.4. The second kappa shape index (κ2) is 9.96. The van der Waals surface area contributed by atoms with E-state index in [2.05, 4.69) is 12.2 Å². The van der Waals surface area contributed by atoms with Crippen LogP contribution in [0.2, 0.25) is 0 Å². The predicted molar refractivity (Wildman–Crippen MR) is 127 cm³/mol. The summed E-state index contributed by atoms with van der Waals surface area (Å²) >= 11 is 0. The minimum Gasteiger partial charge on any atom is -0.476 e. The number of amides is 1. The van der Waals surface area contributed by atoms with Gasteiger partial charge in [0, 0.05) is 11.3 Å². The summed E-state index contributed by atoms with van der Waals surface area (Å²) in [4.78, 5) is 25.6. The fraction of sp³-hybridized carbons (Fsp3) is 0.185. The van der Waals surface area contributed by atoms with E-state index in [1.165, 1.54) is 5.56 Å². The van der Waals surface area contributed by atoms with Crippen molar-refractivity contribution in [1.82, 2.24) is 0 Å². The van der Waals surface area contributed by atoms with Gasteiger partial charge in [0.2, 0.25) is 11.2 Å². The quantitative estimate of drug-likeness (QED) is 0.385. The van der Waals surface area contributed by atoms with E-state index >= 15 is 0 Å². The molecule has 1 aromatic heterocycles. The fourth-order valence-electron chi connectivity index (χ4n) is 3.51. The smallest absolute Gasteiger partial charge is 0.262 e. The molecule has 0 saturated carbocycles. The maximum atomic E-state index is 13.1. The van der Waals surface area contributed by atoms with Crippen LogP contribution >= 0.6 is 0 Å². The summed E-state index contributed by atoms with van der Waals surface area (Å²) in [5, 5.41) is 3.22. The van der Waals surface area contributed by atoms with Gasteiger partial charge in [-0.25, -0.2) is 0 Å². The lowest BCUT2D eigenvalue weighted by Crippen LogP contribution is -2.22. The van der Waals surface area contributed by atoms with Crippen LogP contribution in [0.5, 0.6) is 5.75 Å². The van der Waals surface area contributed by atoms with Gasteiger partial charge in [0.25, 0.3) is 5.91 Å². The van der Waals surface area contributed by atoms with Crippen molar-refractivity contribution < 1.29 is 13.9 Å². The predicted octanol–water partition coefficient (Wildman–Crippen LogP) is 5.82. The maximum Gasteiger partial charge on any atom is 0.262 e. The van der Waals surface area contributed by atoms with E-state index in [1.807, 2.05) is 60.7 Å². The number of carbonyl (C=O) groups excluding carboxylic acids is 1. The van der Waals surface area contributed by atoms with Crippen LogP contribution in [0.4, 0.5) is 5.69 Å². The van der Waals surface area contributed by atoms with Crippen LogP contribution in [-0.2, 0) is 11.2 Å². The number of anilines is 1. The number of hydrogen-bond acceptors (Lipinski definition) is 4. The van der Waals surface area contributed by atoms with E-state index in [0.717, 1.165) is 19.3 Å². The molecule has 162 valence electrons. The van der Waals surface area contributed by atoms with Gasteiger partial charge < -0.3 is 14.5 Å². The largest absolute Gasteiger partial charge is 0.476 e. The monoisotopic (exact) mass is 427 g/mol. The van der Waals surface area contributed by atoms with Crippen LogP contribution in [0.15, 0.2) is 88.1 Å². The third-order valence-electron chi connectivity index (χ3n) is 5.20. The molecule has 5 nitrogen and oxygen atoms in total. The number of aryl methyl sites for hydroxylation is 1. The molecule has 0 aliphatic rings. The van der Waals surface area contributed by atoms with Gasteiger partial charge in [-0.2, -0.15) is 0 Å². The number of hydrogen-bond donors (Lipinski definition) is 1. The van der Waals surface area contributed by atoms with Gasteiger partial charge in [0.15, 0.2) is 12.4 Å². The second-order valence-electron chi connectivity index (χ2n) is 7.59. The van der Waals surface area contributed by atoms with E-state index in [0.29, 0.717) is 28.0 Å². The van der Waals surface area contributed by atoms with Crippen LogP contribution in [-0.4, -0.2) is 12.5 Å². The van der Waals surface area contributed by atoms with Gasteiger partial charge in [0.1, 0.15) is 5.58 Å². The summed E-state index contributed by atoms with van der Waals surface area (Å²) in [5.41, 5.74) is 2.79. The van der Waals surface area contributed by atoms with Crippen LogP contribution in [0.25, 0.3) is 22.3 Å². The van der Waals surface area contributed by atoms with Crippen molar-refractivity contribution in [2.24, 2.45) is 0 Å². The van der Waals surface area contributed by atoms with Crippen molar-refractivity contribution in [2.45, 2.75) is 26.2 Å². The first-order chi connectivity index (χ1) is 15.7. The van der Waals surface area contributed by atoms with Crippen molar-refractivity contribution in [3.05, 3.63) is 94.6 Å². The second-order valence-corrected chi connectivity index (χ2v) is 7.59. The number of carbonyl (C=O) groups is 1. The molecule has 0 radical (unpaired) electrons. The molecule has 1 heterocycles. The van der Waals surface area contributed by atoms with Crippen LogP contribution in [0.3, 0.4) is 0 Å². The standard InChI is InChI=1S/C27H25NO4/c1-2-3-9-19-14-16-21(17-15-19)28-24(29)18-31-27-25(30)22-12-7-8-13-23(22)32-26(27)20-10-5-4-6-11-20/h4-8,10-17H,2-3,9,18H2,1H3,(H,28,29). The lowest BCUT2D eigenvalue weighted by molar-refractivity contribution is -0.118. The minimum atomic E-state index is -0.349. The maximum absolute atomic E-state index is 13.1. The molecule has 3 aromatic carbocycles. The van der Waals surface area contributed by atoms with E-state index in [4.69, 9.17) is 9.15 Å². The SMILES string of the molecule is CCCCc1ccc(NC(=O)COc2c(-c3ccccc3)oc3ccccc3c2=O)cc1. The molecule has 4 rings (SSSR count). The Bertz CT molecular complexity index is 1260. The zero-order chi connectivity index (χ0) is 22.3. The van der Waals surface area contributed by atoms with Gasteiger partial charge in [-0.3, -0.25) is 9.59 Å². The molecule has 0 fully saturated rings. The summed E-state index contributed by atoms with van der Waals surface area (Å²) in [6.07, 6.45) is 3.30. The number of nitrogens with one attached hydrogen (secondary N) is 1. The van der Waals surface area contributed by atoms with Gasteiger partial charge in [-0.1, -0.05) is 67.9 Å². The molecule has 32 heavy (non-hydrogen) atoms. The van der Waals surface area contributed by atoms with E-state index in [9.17, 15) is 9.59 Å². The Kier molecular flexibility index (Phi) is 6.66. The van der Waals surface area contributed by atoms with Crippen molar-refractivity contribution in [1.29, 1.82) is 0 Å². The first-order valence-corrected chi connectivity index (χ1v) is 10.8. The number of para-hydroxylation sites is 1. The summed E-state index contributed by atoms with van der Waals surface area (Å²) in [7, 11) is 0. The Labute approximate surface area is 186 Å². The molecule has 5 heteroatoms. The van der Waals surface area contributed by atoms with Crippen LogP contribution < -0.4 is 15.5 Å². The topological polar surface area (TPSA) is 68.5 Å². The lowest BCUT2D eigenvalue weighted by atomic mass is 10.1. The van der Waals surface area contributed by atoms with Crippen molar-refractivity contribution in [3.8, 4) is 17.1 Å². The molecular formula is C27H25NO4. The molecule has 0 atom stereocenters. The van der Waals surface area contributed by atoms with Gasteiger partial charge >= 0.3 is 0 Å². The Morgan fingerprint density at radius 3 is 2.41 bits per heavy atom. The highest BCUT2D eigenvalue weighted by Gasteiger charge is 2.18. The highest BCUT2D eigenvalue weighted by atomic mass is 16.5. The highest BCUT2D eigenvalue weighted by molar-refractivity contribution is 5.92. The minimum absolute atomic E-state index is 0.0277. The molecule has 4 aromatic rings. The summed E-state index contributed by atoms with van der Waals surface area (Å²) in [5.74, 6) is -0.0137. The molecule has 1 amide bonds. The summed E-state index contributed by atoms with van der Waals surface area (Å²) in [6, 6.07) is 24.0. The summed E-state index contributed by atoms with van der Waals surface area (Å²) in [6.45, 7) is 1.86. The van der Waals surface area contributed by atoms with Crippen molar-refractivity contribution >= 4 is 22.6 Å². The molecule has 0 spiro atoms. The molecule has 0 bridgehead atoms. The number of fused-ring (bicyclic) bond motifs is 1. The van der Waals surface area contributed by atoms with Gasteiger partial charge in [-0.15, -0.1) is 0 Å². The third-order valence-corrected chi connectivity index (χ3v) is 5.20. The number of rotatable bonds is 8. The first-order valence-electron chi connectivity index (χ1n) is 10.8. The average molecular weight is 428 g/mol. The highest BCUT2D eigenvalue weighted by Crippen LogP contribution is 2.30. The number of benzene rings is 3. The fourth-order valence-corrected chi connectivity index (χ4v) is 3.51. The van der Waals surface area contributed by atoms with Gasteiger partial charge in [0.05, 0.1) is 5.39 Å². The molecule has 0 aliphatic carbocycles. The zero-order valence-electron chi connectivity index (χ0n) is 18.0. The van der Waals surface area contributed by atoms with Crippen molar-refractivity contribution in [3.63, 3.8) is 0 Å². The van der Waals surface area contributed by atoms with E-state index in [1.54, 1.807) is 18.2 Å². The normalized spacial score (nSPS) is 10.8.